The highest BCUT2D eigenvalue weighted by molar-refractivity contribution is 7.88. The maximum atomic E-state index is 11.2. The lowest BCUT2D eigenvalue weighted by Crippen LogP contribution is -2.43. The van der Waals surface area contributed by atoms with Crippen molar-refractivity contribution in [1.29, 1.82) is 0 Å². The Morgan fingerprint density at radius 1 is 1.41 bits per heavy atom. The predicted molar refractivity (Wildman–Crippen MR) is 83.7 cm³/mol. The van der Waals surface area contributed by atoms with Crippen LogP contribution in [0.2, 0.25) is 0 Å². The van der Waals surface area contributed by atoms with Gasteiger partial charge in [-0.1, -0.05) is 0 Å². The van der Waals surface area contributed by atoms with E-state index in [9.17, 15) is 8.42 Å². The Hall–Kier alpha value is -1.02. The van der Waals surface area contributed by atoms with E-state index in [0.717, 1.165) is 32.7 Å². The Kier molecular flexibility index (Phi) is 4.77. The minimum atomic E-state index is -3.15. The van der Waals surface area contributed by atoms with E-state index in [4.69, 9.17) is 4.74 Å². The van der Waals surface area contributed by atoms with E-state index in [1.807, 2.05) is 12.4 Å². The lowest BCUT2D eigenvalue weighted by Gasteiger charge is -2.35. The molecule has 3 heterocycles. The van der Waals surface area contributed by atoms with Crippen LogP contribution < -0.4 is 4.72 Å². The normalized spacial score (nSPS) is 29.4. The molecule has 3 atom stereocenters. The second kappa shape index (κ2) is 6.62. The molecule has 0 bridgehead atoms. The topological polar surface area (TPSA) is 71.5 Å². The maximum Gasteiger partial charge on any atom is 0.208 e. The molecule has 0 unspecified atom stereocenters. The van der Waals surface area contributed by atoms with Gasteiger partial charge in [0, 0.05) is 37.9 Å². The van der Waals surface area contributed by atoms with Crippen LogP contribution in [0.15, 0.2) is 24.5 Å². The number of sulfonamides is 1. The fourth-order valence-corrected chi connectivity index (χ4v) is 3.96. The van der Waals surface area contributed by atoms with Crippen LogP contribution in [0.3, 0.4) is 0 Å². The molecule has 0 saturated carbocycles. The van der Waals surface area contributed by atoms with Gasteiger partial charge in [0.25, 0.3) is 0 Å². The molecule has 0 radical (unpaired) electrons. The van der Waals surface area contributed by atoms with Crippen LogP contribution in [0.4, 0.5) is 0 Å². The van der Waals surface area contributed by atoms with Crippen molar-refractivity contribution in [2.45, 2.75) is 19.1 Å². The van der Waals surface area contributed by atoms with E-state index < -0.39 is 10.0 Å². The molecule has 3 rings (SSSR count). The summed E-state index contributed by atoms with van der Waals surface area (Å²) in [5, 5.41) is 0. The van der Waals surface area contributed by atoms with E-state index in [1.54, 1.807) is 0 Å². The predicted octanol–water partition coefficient (Wildman–Crippen LogP) is 0.468. The second-order valence-corrected chi connectivity index (χ2v) is 8.13. The van der Waals surface area contributed by atoms with Crippen LogP contribution in [-0.2, 0) is 21.3 Å². The zero-order valence-corrected chi connectivity index (χ0v) is 13.6. The summed E-state index contributed by atoms with van der Waals surface area (Å²) in [4.78, 5) is 6.50. The average Bonchev–Trinajstić information content (AvgIpc) is 2.88. The number of rotatable bonds is 5. The Bertz CT molecular complexity index is 593. The number of pyridine rings is 1. The molecule has 2 aliphatic rings. The second-order valence-electron chi connectivity index (χ2n) is 6.30. The zero-order chi connectivity index (χ0) is 15.6. The third kappa shape index (κ3) is 4.04. The largest absolute Gasteiger partial charge is 0.376 e. The van der Waals surface area contributed by atoms with Crippen molar-refractivity contribution in [3.8, 4) is 0 Å². The molecule has 122 valence electrons. The van der Waals surface area contributed by atoms with Crippen molar-refractivity contribution in [1.82, 2.24) is 14.6 Å². The molecular weight excluding hydrogens is 302 g/mol. The van der Waals surface area contributed by atoms with Gasteiger partial charge in [0.2, 0.25) is 10.0 Å². The smallest absolute Gasteiger partial charge is 0.208 e. The number of hydrogen-bond donors (Lipinski definition) is 1. The first-order valence-corrected chi connectivity index (χ1v) is 9.58. The standard InChI is InChI=1S/C15H23N3O3S/c1-22(19,20)17-8-15-14-4-7-18(10-13(14)11-21-15)9-12-2-5-16-6-3-12/h2-3,5-6,13-15,17H,4,7-11H2,1H3/t13-,14-,15+/m1/s1. The number of piperidine rings is 1. The van der Waals surface area contributed by atoms with Gasteiger partial charge in [-0.25, -0.2) is 13.1 Å². The Balaban J connectivity index is 1.53. The summed E-state index contributed by atoms with van der Waals surface area (Å²) in [6, 6.07) is 4.10. The number of nitrogens with one attached hydrogen (secondary N) is 1. The molecule has 6 nitrogen and oxygen atoms in total. The minimum Gasteiger partial charge on any atom is -0.376 e. The Morgan fingerprint density at radius 3 is 2.91 bits per heavy atom. The van der Waals surface area contributed by atoms with Crippen molar-refractivity contribution in [3.63, 3.8) is 0 Å². The number of ether oxygens (including phenoxy) is 1. The summed E-state index contributed by atoms with van der Waals surface area (Å²) in [6.07, 6.45) is 5.92. The van der Waals surface area contributed by atoms with Gasteiger partial charge in [0.1, 0.15) is 0 Å². The van der Waals surface area contributed by atoms with Gasteiger partial charge in [-0.05, 0) is 36.6 Å². The first-order valence-electron chi connectivity index (χ1n) is 7.69. The SMILES string of the molecule is CS(=O)(=O)NC[C@@H]1OC[C@H]2CN(Cc3ccncc3)CC[C@H]21. The Labute approximate surface area is 131 Å². The monoisotopic (exact) mass is 325 g/mol. The summed E-state index contributed by atoms with van der Waals surface area (Å²) in [5.41, 5.74) is 1.28. The third-order valence-electron chi connectivity index (χ3n) is 4.58. The Morgan fingerprint density at radius 2 is 2.18 bits per heavy atom. The summed E-state index contributed by atoms with van der Waals surface area (Å²) in [6.45, 7) is 4.11. The molecule has 0 aromatic carbocycles. The van der Waals surface area contributed by atoms with Gasteiger partial charge in [0.05, 0.1) is 19.0 Å². The lowest BCUT2D eigenvalue weighted by atomic mass is 9.84. The summed E-state index contributed by atoms with van der Waals surface area (Å²) in [5.74, 6) is 0.963. The van der Waals surface area contributed by atoms with Crippen molar-refractivity contribution < 1.29 is 13.2 Å². The van der Waals surface area contributed by atoms with Crippen LogP contribution in [0.5, 0.6) is 0 Å². The van der Waals surface area contributed by atoms with Crippen LogP contribution in [-0.4, -0.2) is 56.9 Å². The zero-order valence-electron chi connectivity index (χ0n) is 12.8. The van der Waals surface area contributed by atoms with Gasteiger partial charge in [0.15, 0.2) is 0 Å². The van der Waals surface area contributed by atoms with Crippen molar-refractivity contribution in [3.05, 3.63) is 30.1 Å². The van der Waals surface area contributed by atoms with Gasteiger partial charge in [-0.15, -0.1) is 0 Å². The van der Waals surface area contributed by atoms with Gasteiger partial charge < -0.3 is 4.74 Å². The molecule has 7 heteroatoms. The van der Waals surface area contributed by atoms with Gasteiger partial charge in [-0.3, -0.25) is 9.88 Å². The fourth-order valence-electron chi connectivity index (χ4n) is 3.50. The number of fused-ring (bicyclic) bond motifs is 1. The number of nitrogens with zero attached hydrogens (tertiary/aromatic N) is 2. The summed E-state index contributed by atoms with van der Waals surface area (Å²) in [7, 11) is -3.15. The number of aromatic nitrogens is 1. The highest BCUT2D eigenvalue weighted by atomic mass is 32.2. The summed E-state index contributed by atoms with van der Waals surface area (Å²) < 4.78 is 30.9. The molecule has 0 amide bonds. The van der Waals surface area contributed by atoms with Crippen molar-refractivity contribution >= 4 is 10.0 Å². The van der Waals surface area contributed by atoms with Crippen molar-refractivity contribution in [2.75, 3.05) is 32.5 Å². The summed E-state index contributed by atoms with van der Waals surface area (Å²) >= 11 is 0. The highest BCUT2D eigenvalue weighted by Crippen LogP contribution is 2.34. The first-order chi connectivity index (χ1) is 10.5. The molecule has 0 aliphatic carbocycles. The van der Waals surface area contributed by atoms with Gasteiger partial charge >= 0.3 is 0 Å². The van der Waals surface area contributed by atoms with E-state index >= 15 is 0 Å². The van der Waals surface area contributed by atoms with E-state index in [2.05, 4.69) is 26.7 Å². The fraction of sp³-hybridized carbons (Fsp3) is 0.667. The quantitative estimate of drug-likeness (QED) is 0.852. The first kappa shape index (κ1) is 15.9. The molecule has 0 spiro atoms. The molecule has 1 aromatic rings. The van der Waals surface area contributed by atoms with Gasteiger partial charge in [-0.2, -0.15) is 0 Å². The molecule has 2 saturated heterocycles. The van der Waals surface area contributed by atoms with E-state index in [1.165, 1.54) is 11.8 Å². The minimum absolute atomic E-state index is 0.0165. The van der Waals surface area contributed by atoms with Crippen LogP contribution in [0.1, 0.15) is 12.0 Å². The van der Waals surface area contributed by atoms with Crippen LogP contribution in [0, 0.1) is 11.8 Å². The molecular formula is C15H23N3O3S. The molecule has 22 heavy (non-hydrogen) atoms. The highest BCUT2D eigenvalue weighted by Gasteiger charge is 2.40. The average molecular weight is 325 g/mol. The van der Waals surface area contributed by atoms with Crippen molar-refractivity contribution in [2.24, 2.45) is 11.8 Å². The molecule has 2 fully saturated rings. The van der Waals surface area contributed by atoms with Crippen LogP contribution >= 0.6 is 0 Å². The van der Waals surface area contributed by atoms with E-state index in [0.29, 0.717) is 18.4 Å². The molecule has 1 N–H and O–H groups in total. The van der Waals surface area contributed by atoms with Crippen LogP contribution in [0.25, 0.3) is 0 Å². The molecule has 2 aliphatic heterocycles. The van der Waals surface area contributed by atoms with E-state index in [-0.39, 0.29) is 6.10 Å². The lowest BCUT2D eigenvalue weighted by molar-refractivity contribution is 0.0885. The maximum absolute atomic E-state index is 11.2. The number of hydrogen-bond acceptors (Lipinski definition) is 5. The third-order valence-corrected chi connectivity index (χ3v) is 5.27. The number of likely N-dealkylation sites (tertiary alicyclic amines) is 1. The molecule has 1 aromatic heterocycles.